The highest BCUT2D eigenvalue weighted by Gasteiger charge is 2.23. The Kier molecular flexibility index (Phi) is 3.68. The van der Waals surface area contributed by atoms with E-state index in [0.29, 0.717) is 12.1 Å². The summed E-state index contributed by atoms with van der Waals surface area (Å²) in [4.78, 5) is 25.1. The van der Waals surface area contributed by atoms with Crippen molar-refractivity contribution in [3.05, 3.63) is 64.3 Å². The molecule has 7 heteroatoms. The summed E-state index contributed by atoms with van der Waals surface area (Å²) in [6.07, 6.45) is 3.52. The summed E-state index contributed by atoms with van der Waals surface area (Å²) in [7, 11) is 0. The molecule has 0 atom stereocenters. The molecule has 1 amide bonds. The predicted molar refractivity (Wildman–Crippen MR) is 93.5 cm³/mol. The molecule has 4 rings (SSSR count). The third-order valence-corrected chi connectivity index (χ3v) is 4.54. The first-order valence-electron chi connectivity index (χ1n) is 8.12. The molecule has 2 heterocycles. The Morgan fingerprint density at radius 3 is 2.92 bits per heavy atom. The van der Waals surface area contributed by atoms with Crippen LogP contribution in [-0.4, -0.2) is 27.2 Å². The monoisotopic (exact) mass is 336 g/mol. The number of benzene rings is 2. The number of nitro groups is 1. The summed E-state index contributed by atoms with van der Waals surface area (Å²) in [5, 5.41) is 16.0. The van der Waals surface area contributed by atoms with Gasteiger partial charge in [0.05, 0.1) is 16.6 Å². The van der Waals surface area contributed by atoms with Crippen LogP contribution in [0.15, 0.2) is 48.7 Å². The van der Waals surface area contributed by atoms with Gasteiger partial charge in [0.2, 0.25) is 5.91 Å². The zero-order valence-corrected chi connectivity index (χ0v) is 13.5. The van der Waals surface area contributed by atoms with Crippen LogP contribution in [0.5, 0.6) is 0 Å². The number of aromatic nitrogens is 2. The van der Waals surface area contributed by atoms with Crippen molar-refractivity contribution < 1.29 is 9.72 Å². The fourth-order valence-corrected chi connectivity index (χ4v) is 3.30. The number of rotatable bonds is 3. The second-order valence-corrected chi connectivity index (χ2v) is 6.08. The van der Waals surface area contributed by atoms with Crippen molar-refractivity contribution in [2.24, 2.45) is 0 Å². The van der Waals surface area contributed by atoms with E-state index in [-0.39, 0.29) is 18.1 Å². The highest BCUT2D eigenvalue weighted by Crippen LogP contribution is 2.27. The summed E-state index contributed by atoms with van der Waals surface area (Å²) >= 11 is 0. The number of hydrogen-bond acceptors (Lipinski definition) is 4. The van der Waals surface area contributed by atoms with Crippen LogP contribution in [0.25, 0.3) is 10.9 Å². The van der Waals surface area contributed by atoms with Crippen LogP contribution in [0.4, 0.5) is 11.4 Å². The van der Waals surface area contributed by atoms with E-state index in [0.717, 1.165) is 23.9 Å². The SMILES string of the molecule is O=C(Cn1ncc2ccc([N+](=O)[O-])cc21)N1CCCc2ccccc21. The van der Waals surface area contributed by atoms with Gasteiger partial charge >= 0.3 is 0 Å². The summed E-state index contributed by atoms with van der Waals surface area (Å²) in [6, 6.07) is 12.5. The first-order chi connectivity index (χ1) is 12.1. The maximum absolute atomic E-state index is 12.8. The van der Waals surface area contributed by atoms with Gasteiger partial charge in [-0.2, -0.15) is 5.10 Å². The number of aryl methyl sites for hydroxylation is 1. The summed E-state index contributed by atoms with van der Waals surface area (Å²) in [6.45, 7) is 0.730. The van der Waals surface area contributed by atoms with Gasteiger partial charge in [0.1, 0.15) is 6.54 Å². The van der Waals surface area contributed by atoms with Gasteiger partial charge < -0.3 is 4.90 Å². The van der Waals surface area contributed by atoms with E-state index in [1.54, 1.807) is 17.2 Å². The van der Waals surface area contributed by atoms with Crippen LogP contribution < -0.4 is 4.90 Å². The molecule has 0 fully saturated rings. The summed E-state index contributed by atoms with van der Waals surface area (Å²) in [5.74, 6) is -0.0661. The zero-order valence-electron chi connectivity index (χ0n) is 13.5. The van der Waals surface area contributed by atoms with Crippen LogP contribution in [-0.2, 0) is 17.8 Å². The van der Waals surface area contributed by atoms with Crippen molar-refractivity contribution >= 4 is 28.2 Å². The Morgan fingerprint density at radius 1 is 1.24 bits per heavy atom. The van der Waals surface area contributed by atoms with E-state index in [1.807, 2.05) is 24.3 Å². The lowest BCUT2D eigenvalue weighted by molar-refractivity contribution is -0.384. The molecule has 0 aliphatic carbocycles. The van der Waals surface area contributed by atoms with Gasteiger partial charge in [0, 0.05) is 29.8 Å². The number of para-hydroxylation sites is 1. The molecule has 0 saturated carbocycles. The Morgan fingerprint density at radius 2 is 2.08 bits per heavy atom. The third-order valence-electron chi connectivity index (χ3n) is 4.54. The van der Waals surface area contributed by atoms with Crippen LogP contribution >= 0.6 is 0 Å². The van der Waals surface area contributed by atoms with Gasteiger partial charge in [0.15, 0.2) is 0 Å². The molecule has 0 N–H and O–H groups in total. The largest absolute Gasteiger partial charge is 0.311 e. The van der Waals surface area contributed by atoms with E-state index >= 15 is 0 Å². The molecule has 126 valence electrons. The minimum atomic E-state index is -0.445. The van der Waals surface area contributed by atoms with Crippen LogP contribution in [0.1, 0.15) is 12.0 Å². The molecule has 1 aliphatic heterocycles. The number of carbonyl (C=O) groups is 1. The highest BCUT2D eigenvalue weighted by molar-refractivity contribution is 5.95. The van der Waals surface area contributed by atoms with Gasteiger partial charge in [-0.1, -0.05) is 18.2 Å². The minimum Gasteiger partial charge on any atom is -0.311 e. The molecule has 0 saturated heterocycles. The van der Waals surface area contributed by atoms with E-state index in [2.05, 4.69) is 5.10 Å². The van der Waals surface area contributed by atoms with Crippen LogP contribution in [0.3, 0.4) is 0 Å². The molecular weight excluding hydrogens is 320 g/mol. The second kappa shape index (κ2) is 6.01. The van der Waals surface area contributed by atoms with Crippen molar-refractivity contribution in [2.75, 3.05) is 11.4 Å². The molecule has 0 bridgehead atoms. The maximum atomic E-state index is 12.8. The molecule has 1 aliphatic rings. The molecular formula is C18H16N4O3. The lowest BCUT2D eigenvalue weighted by Crippen LogP contribution is -2.37. The molecule has 1 aromatic heterocycles. The molecule has 2 aromatic carbocycles. The summed E-state index contributed by atoms with van der Waals surface area (Å²) in [5.41, 5.74) is 2.70. The lowest BCUT2D eigenvalue weighted by atomic mass is 10.0. The highest BCUT2D eigenvalue weighted by atomic mass is 16.6. The molecule has 0 unspecified atom stereocenters. The first kappa shape index (κ1) is 15.3. The van der Waals surface area contributed by atoms with E-state index in [4.69, 9.17) is 0 Å². The van der Waals surface area contributed by atoms with Crippen molar-refractivity contribution in [2.45, 2.75) is 19.4 Å². The zero-order chi connectivity index (χ0) is 17.4. The number of hydrogen-bond donors (Lipinski definition) is 0. The second-order valence-electron chi connectivity index (χ2n) is 6.08. The van der Waals surface area contributed by atoms with Gasteiger partial charge in [0.25, 0.3) is 5.69 Å². The van der Waals surface area contributed by atoms with Crippen molar-refractivity contribution in [3.63, 3.8) is 0 Å². The normalized spacial score (nSPS) is 13.7. The Hall–Kier alpha value is -3.22. The number of fused-ring (bicyclic) bond motifs is 2. The lowest BCUT2D eigenvalue weighted by Gasteiger charge is -2.29. The number of non-ortho nitro benzene ring substituents is 1. The Labute approximate surface area is 143 Å². The fourth-order valence-electron chi connectivity index (χ4n) is 3.30. The quantitative estimate of drug-likeness (QED) is 0.544. The standard InChI is InChI=1S/C18H16N4O3/c23-18(20-9-3-5-13-4-1-2-6-16(13)20)12-21-17-10-15(22(24)25)8-7-14(17)11-19-21/h1-2,4,6-8,10-11H,3,5,9,12H2. The van der Waals surface area contributed by atoms with E-state index in [9.17, 15) is 14.9 Å². The van der Waals surface area contributed by atoms with Gasteiger partial charge in [-0.15, -0.1) is 0 Å². The minimum absolute atomic E-state index is 0.00924. The van der Waals surface area contributed by atoms with E-state index in [1.165, 1.54) is 22.4 Å². The van der Waals surface area contributed by atoms with Gasteiger partial charge in [-0.25, -0.2) is 0 Å². The molecule has 0 radical (unpaired) electrons. The number of nitro benzene ring substituents is 1. The third kappa shape index (κ3) is 2.73. The Bertz CT molecular complexity index is 979. The average molecular weight is 336 g/mol. The molecule has 0 spiro atoms. The number of amides is 1. The number of carbonyl (C=O) groups excluding carboxylic acids is 1. The van der Waals surface area contributed by atoms with Crippen LogP contribution in [0, 0.1) is 10.1 Å². The van der Waals surface area contributed by atoms with Crippen molar-refractivity contribution in [1.82, 2.24) is 9.78 Å². The van der Waals surface area contributed by atoms with Crippen LogP contribution in [0.2, 0.25) is 0 Å². The van der Waals surface area contributed by atoms with Gasteiger partial charge in [-0.05, 0) is 30.5 Å². The van der Waals surface area contributed by atoms with E-state index < -0.39 is 4.92 Å². The molecule has 25 heavy (non-hydrogen) atoms. The smallest absolute Gasteiger partial charge is 0.271 e. The maximum Gasteiger partial charge on any atom is 0.271 e. The summed E-state index contributed by atoms with van der Waals surface area (Å²) < 4.78 is 1.53. The fraction of sp³-hybridized carbons (Fsp3) is 0.222. The van der Waals surface area contributed by atoms with Crippen molar-refractivity contribution in [3.8, 4) is 0 Å². The first-order valence-corrected chi connectivity index (χ1v) is 8.12. The molecule has 3 aromatic rings. The molecule has 7 nitrogen and oxygen atoms in total. The topological polar surface area (TPSA) is 81.3 Å². The van der Waals surface area contributed by atoms with Crippen molar-refractivity contribution in [1.29, 1.82) is 0 Å². The predicted octanol–water partition coefficient (Wildman–Crippen LogP) is 2.92. The van der Waals surface area contributed by atoms with Gasteiger partial charge in [-0.3, -0.25) is 19.6 Å². The number of nitrogens with zero attached hydrogens (tertiary/aromatic N) is 4. The average Bonchev–Trinajstić information content (AvgIpc) is 3.03. The number of anilines is 1. The Balaban J connectivity index is 1.65.